The molecule has 0 spiro atoms. The molecule has 1 aromatic heterocycles. The number of nitrogens with zero attached hydrogens (tertiary/aromatic N) is 1. The maximum absolute atomic E-state index is 3.47. The van der Waals surface area contributed by atoms with E-state index in [1.54, 1.807) is 0 Å². The van der Waals surface area contributed by atoms with Gasteiger partial charge in [-0.05, 0) is 31.2 Å². The van der Waals surface area contributed by atoms with Crippen molar-refractivity contribution in [3.8, 4) is 0 Å². The van der Waals surface area contributed by atoms with Gasteiger partial charge in [0.25, 0.3) is 0 Å². The fraction of sp³-hybridized carbons (Fsp3) is 0.385. The number of hydrogen-bond donors (Lipinski definition) is 2. The zero-order valence-electron chi connectivity index (χ0n) is 9.53. The molecule has 2 N–H and O–H groups in total. The van der Waals surface area contributed by atoms with E-state index < -0.39 is 0 Å². The number of H-pyrrole nitrogens is 1. The van der Waals surface area contributed by atoms with Crippen LogP contribution < -0.4 is 10.2 Å². The first kappa shape index (κ1) is 9.73. The van der Waals surface area contributed by atoms with E-state index in [4.69, 9.17) is 0 Å². The molecule has 1 aliphatic rings. The molecule has 84 valence electrons. The van der Waals surface area contributed by atoms with Crippen LogP contribution >= 0.6 is 0 Å². The number of nitrogens with one attached hydrogen (secondary N) is 2. The highest BCUT2D eigenvalue weighted by atomic mass is 15.2. The molecule has 2 aromatic rings. The van der Waals surface area contributed by atoms with Gasteiger partial charge in [-0.3, -0.25) is 0 Å². The summed E-state index contributed by atoms with van der Waals surface area (Å²) < 4.78 is 0. The van der Waals surface area contributed by atoms with Gasteiger partial charge in [-0.2, -0.15) is 0 Å². The van der Waals surface area contributed by atoms with Crippen LogP contribution in [0.15, 0.2) is 30.5 Å². The van der Waals surface area contributed by atoms with Gasteiger partial charge in [0.1, 0.15) is 0 Å². The summed E-state index contributed by atoms with van der Waals surface area (Å²) in [7, 11) is 0. The van der Waals surface area contributed by atoms with Crippen molar-refractivity contribution in [3.63, 3.8) is 0 Å². The van der Waals surface area contributed by atoms with Crippen molar-refractivity contribution in [2.75, 3.05) is 24.5 Å². The summed E-state index contributed by atoms with van der Waals surface area (Å²) in [6.07, 6.45) is 1.99. The van der Waals surface area contributed by atoms with Gasteiger partial charge in [-0.25, -0.2) is 0 Å². The Morgan fingerprint density at radius 1 is 1.31 bits per heavy atom. The fourth-order valence-corrected chi connectivity index (χ4v) is 2.40. The summed E-state index contributed by atoms with van der Waals surface area (Å²) in [6.45, 7) is 5.50. The largest absolute Gasteiger partial charge is 0.369 e. The minimum absolute atomic E-state index is 0.579. The minimum atomic E-state index is 0.579. The van der Waals surface area contributed by atoms with E-state index in [-0.39, 0.29) is 0 Å². The van der Waals surface area contributed by atoms with Gasteiger partial charge in [-0.1, -0.05) is 0 Å². The molecule has 3 nitrogen and oxygen atoms in total. The van der Waals surface area contributed by atoms with Gasteiger partial charge < -0.3 is 15.2 Å². The van der Waals surface area contributed by atoms with Crippen molar-refractivity contribution >= 4 is 16.6 Å². The molecule has 0 aliphatic carbocycles. The molecule has 1 saturated heterocycles. The molecule has 0 unspecified atom stereocenters. The summed E-state index contributed by atoms with van der Waals surface area (Å²) >= 11 is 0. The lowest BCUT2D eigenvalue weighted by molar-refractivity contribution is 0.485. The van der Waals surface area contributed by atoms with Crippen molar-refractivity contribution in [1.29, 1.82) is 0 Å². The average molecular weight is 215 g/mol. The monoisotopic (exact) mass is 215 g/mol. The Labute approximate surface area is 95.5 Å². The van der Waals surface area contributed by atoms with Crippen LogP contribution in [0, 0.1) is 0 Å². The standard InChI is InChI=1S/C13H17N3/c1-10-9-16(7-6-14-10)12-2-3-13-11(8-12)4-5-15-13/h2-5,8,10,14-15H,6-7,9H2,1H3/t10-/m0/s1. The van der Waals surface area contributed by atoms with Crippen LogP contribution in [0.4, 0.5) is 5.69 Å². The highest BCUT2D eigenvalue weighted by molar-refractivity contribution is 5.83. The second kappa shape index (κ2) is 3.83. The highest BCUT2D eigenvalue weighted by Gasteiger charge is 2.15. The van der Waals surface area contributed by atoms with Gasteiger partial charge in [0.05, 0.1) is 0 Å². The maximum Gasteiger partial charge on any atom is 0.0455 e. The lowest BCUT2D eigenvalue weighted by atomic mass is 10.1. The van der Waals surface area contributed by atoms with Gasteiger partial charge >= 0.3 is 0 Å². The number of anilines is 1. The van der Waals surface area contributed by atoms with E-state index >= 15 is 0 Å². The second-order valence-corrected chi connectivity index (χ2v) is 4.55. The SMILES string of the molecule is C[C@H]1CN(c2ccc3[nH]ccc3c2)CCN1. The summed E-state index contributed by atoms with van der Waals surface area (Å²) in [4.78, 5) is 5.68. The van der Waals surface area contributed by atoms with E-state index in [1.807, 2.05) is 6.20 Å². The van der Waals surface area contributed by atoms with Gasteiger partial charge in [0.15, 0.2) is 0 Å². The number of fused-ring (bicyclic) bond motifs is 1. The van der Waals surface area contributed by atoms with Crippen molar-refractivity contribution < 1.29 is 0 Å². The molecule has 2 heterocycles. The Morgan fingerprint density at radius 2 is 2.25 bits per heavy atom. The molecule has 1 aromatic carbocycles. The Morgan fingerprint density at radius 3 is 3.12 bits per heavy atom. The van der Waals surface area contributed by atoms with Crippen LogP contribution in [0.1, 0.15) is 6.92 Å². The molecule has 0 amide bonds. The van der Waals surface area contributed by atoms with Crippen LogP contribution in [0.2, 0.25) is 0 Å². The van der Waals surface area contributed by atoms with Crippen molar-refractivity contribution in [2.24, 2.45) is 0 Å². The Kier molecular flexibility index (Phi) is 2.33. The van der Waals surface area contributed by atoms with Crippen LogP contribution in [-0.4, -0.2) is 30.7 Å². The molecule has 16 heavy (non-hydrogen) atoms. The third kappa shape index (κ3) is 1.67. The van der Waals surface area contributed by atoms with Crippen LogP contribution in [-0.2, 0) is 0 Å². The topological polar surface area (TPSA) is 31.1 Å². The molecule has 0 radical (unpaired) electrons. The van der Waals surface area contributed by atoms with Gasteiger partial charge in [0, 0.05) is 48.5 Å². The summed E-state index contributed by atoms with van der Waals surface area (Å²) in [5.74, 6) is 0. The molecule has 0 saturated carbocycles. The average Bonchev–Trinajstić information content (AvgIpc) is 2.75. The molecule has 1 atom stereocenters. The van der Waals surface area contributed by atoms with E-state index in [0.29, 0.717) is 6.04 Å². The second-order valence-electron chi connectivity index (χ2n) is 4.55. The first-order chi connectivity index (χ1) is 7.83. The maximum atomic E-state index is 3.47. The lowest BCUT2D eigenvalue weighted by Gasteiger charge is -2.33. The molecule has 0 bridgehead atoms. The number of aromatic nitrogens is 1. The predicted octanol–water partition coefficient (Wildman–Crippen LogP) is 1.97. The van der Waals surface area contributed by atoms with Crippen molar-refractivity contribution in [2.45, 2.75) is 13.0 Å². The third-order valence-corrected chi connectivity index (χ3v) is 3.27. The zero-order chi connectivity index (χ0) is 11.0. The Bertz CT molecular complexity index is 489. The number of benzene rings is 1. The van der Waals surface area contributed by atoms with Gasteiger partial charge in [-0.15, -0.1) is 0 Å². The fourth-order valence-electron chi connectivity index (χ4n) is 2.40. The Hall–Kier alpha value is -1.48. The quantitative estimate of drug-likeness (QED) is 0.762. The normalized spacial score (nSPS) is 21.6. The summed E-state index contributed by atoms with van der Waals surface area (Å²) in [6, 6.07) is 9.35. The van der Waals surface area contributed by atoms with E-state index in [2.05, 4.69) is 46.4 Å². The molecule has 1 aliphatic heterocycles. The van der Waals surface area contributed by atoms with E-state index in [0.717, 1.165) is 19.6 Å². The summed E-state index contributed by atoms with van der Waals surface area (Å²) in [5, 5.41) is 4.76. The lowest BCUT2D eigenvalue weighted by Crippen LogP contribution is -2.49. The molecular formula is C13H17N3. The van der Waals surface area contributed by atoms with Crippen molar-refractivity contribution in [1.82, 2.24) is 10.3 Å². The first-order valence-corrected chi connectivity index (χ1v) is 5.88. The molecule has 3 rings (SSSR count). The highest BCUT2D eigenvalue weighted by Crippen LogP contribution is 2.22. The third-order valence-electron chi connectivity index (χ3n) is 3.27. The van der Waals surface area contributed by atoms with Crippen LogP contribution in [0.5, 0.6) is 0 Å². The summed E-state index contributed by atoms with van der Waals surface area (Å²) in [5.41, 5.74) is 2.55. The van der Waals surface area contributed by atoms with Crippen LogP contribution in [0.3, 0.4) is 0 Å². The number of rotatable bonds is 1. The number of piperazine rings is 1. The van der Waals surface area contributed by atoms with E-state index in [1.165, 1.54) is 16.6 Å². The van der Waals surface area contributed by atoms with E-state index in [9.17, 15) is 0 Å². The van der Waals surface area contributed by atoms with Crippen molar-refractivity contribution in [3.05, 3.63) is 30.5 Å². The number of hydrogen-bond acceptors (Lipinski definition) is 2. The molecular weight excluding hydrogens is 198 g/mol. The van der Waals surface area contributed by atoms with Crippen LogP contribution in [0.25, 0.3) is 10.9 Å². The predicted molar refractivity (Wildman–Crippen MR) is 68.0 cm³/mol. The number of aromatic amines is 1. The molecule has 1 fully saturated rings. The zero-order valence-corrected chi connectivity index (χ0v) is 9.53. The Balaban J connectivity index is 1.92. The minimum Gasteiger partial charge on any atom is -0.369 e. The first-order valence-electron chi connectivity index (χ1n) is 5.88. The molecule has 3 heteroatoms. The smallest absolute Gasteiger partial charge is 0.0455 e. The van der Waals surface area contributed by atoms with Gasteiger partial charge in [0.2, 0.25) is 0 Å².